The molecule has 4 nitrogen and oxygen atoms in total. The van der Waals surface area contributed by atoms with Crippen molar-refractivity contribution >= 4 is 18.3 Å². The second-order valence-electron chi connectivity index (χ2n) is 5.96. The van der Waals surface area contributed by atoms with Gasteiger partial charge in [0, 0.05) is 13.1 Å². The molecule has 1 amide bonds. The van der Waals surface area contributed by atoms with Gasteiger partial charge in [-0.1, -0.05) is 42.5 Å². The zero-order valence-corrected chi connectivity index (χ0v) is 15.7. The Morgan fingerprint density at radius 3 is 2.52 bits per heavy atom. The first-order chi connectivity index (χ1) is 11.6. The van der Waals surface area contributed by atoms with Crippen molar-refractivity contribution in [2.24, 2.45) is 5.73 Å². The Morgan fingerprint density at radius 2 is 1.88 bits per heavy atom. The summed E-state index contributed by atoms with van der Waals surface area (Å²) in [6, 6.07) is 17.7. The van der Waals surface area contributed by atoms with Crippen molar-refractivity contribution in [2.75, 3.05) is 13.1 Å². The minimum absolute atomic E-state index is 0. The van der Waals surface area contributed by atoms with Crippen LogP contribution in [-0.4, -0.2) is 30.0 Å². The number of nitrogens with zero attached hydrogens (tertiary/aromatic N) is 1. The maximum absolute atomic E-state index is 12.8. The van der Waals surface area contributed by atoms with Gasteiger partial charge in [0.25, 0.3) is 5.91 Å². The van der Waals surface area contributed by atoms with E-state index >= 15 is 0 Å². The van der Waals surface area contributed by atoms with E-state index in [1.165, 1.54) is 0 Å². The maximum atomic E-state index is 12.8. The molecule has 1 atom stereocenters. The predicted molar refractivity (Wildman–Crippen MR) is 104 cm³/mol. The van der Waals surface area contributed by atoms with Crippen LogP contribution in [0.15, 0.2) is 54.6 Å². The van der Waals surface area contributed by atoms with Gasteiger partial charge >= 0.3 is 0 Å². The van der Waals surface area contributed by atoms with Crippen molar-refractivity contribution < 1.29 is 9.53 Å². The molecule has 2 N–H and O–H groups in total. The summed E-state index contributed by atoms with van der Waals surface area (Å²) in [4.78, 5) is 14.6. The van der Waals surface area contributed by atoms with Crippen molar-refractivity contribution in [1.82, 2.24) is 4.90 Å². The van der Waals surface area contributed by atoms with Crippen molar-refractivity contribution in [3.8, 4) is 5.75 Å². The number of nitrogens with two attached hydrogens (primary N) is 1. The molecule has 0 saturated heterocycles. The van der Waals surface area contributed by atoms with Gasteiger partial charge in [-0.25, -0.2) is 0 Å². The van der Waals surface area contributed by atoms with Crippen LogP contribution in [0.3, 0.4) is 0 Å². The molecule has 0 fully saturated rings. The molecule has 0 aliphatic heterocycles. The number of ether oxygens (including phenoxy) is 1. The molecule has 0 radical (unpaired) electrons. The van der Waals surface area contributed by atoms with Crippen LogP contribution < -0.4 is 10.5 Å². The maximum Gasteiger partial charge on any atom is 0.263 e. The van der Waals surface area contributed by atoms with E-state index in [4.69, 9.17) is 10.5 Å². The van der Waals surface area contributed by atoms with Crippen LogP contribution in [0.2, 0.25) is 0 Å². The van der Waals surface area contributed by atoms with Gasteiger partial charge in [0.05, 0.1) is 0 Å². The van der Waals surface area contributed by atoms with Crippen LogP contribution in [0.5, 0.6) is 5.75 Å². The Morgan fingerprint density at radius 1 is 1.16 bits per heavy atom. The molecule has 0 saturated carbocycles. The van der Waals surface area contributed by atoms with Crippen LogP contribution in [-0.2, 0) is 11.3 Å². The number of hydrogen-bond acceptors (Lipinski definition) is 3. The summed E-state index contributed by atoms with van der Waals surface area (Å²) in [5, 5.41) is 0. The predicted octanol–water partition coefficient (Wildman–Crippen LogP) is 3.56. The molecule has 25 heavy (non-hydrogen) atoms. The summed E-state index contributed by atoms with van der Waals surface area (Å²) >= 11 is 0. The molecular formula is C20H27ClN2O2. The van der Waals surface area contributed by atoms with Crippen molar-refractivity contribution in [2.45, 2.75) is 32.9 Å². The molecule has 0 aromatic heterocycles. The highest BCUT2D eigenvalue weighted by Gasteiger charge is 2.22. The van der Waals surface area contributed by atoms with Gasteiger partial charge in [-0.15, -0.1) is 12.4 Å². The molecule has 0 heterocycles. The van der Waals surface area contributed by atoms with E-state index in [9.17, 15) is 4.79 Å². The highest BCUT2D eigenvalue weighted by molar-refractivity contribution is 5.85. The Hall–Kier alpha value is -2.04. The van der Waals surface area contributed by atoms with E-state index in [0.717, 1.165) is 17.5 Å². The van der Waals surface area contributed by atoms with Gasteiger partial charge in [0.2, 0.25) is 0 Å². The zero-order valence-electron chi connectivity index (χ0n) is 14.9. The largest absolute Gasteiger partial charge is 0.481 e. The van der Waals surface area contributed by atoms with Gasteiger partial charge in [-0.2, -0.15) is 0 Å². The Kier molecular flexibility index (Phi) is 9.03. The molecule has 0 aliphatic rings. The summed E-state index contributed by atoms with van der Waals surface area (Å²) in [6.07, 6.45) is 0.240. The first-order valence-corrected chi connectivity index (χ1v) is 8.36. The van der Waals surface area contributed by atoms with Crippen LogP contribution >= 0.6 is 12.4 Å². The lowest BCUT2D eigenvalue weighted by Crippen LogP contribution is -2.41. The van der Waals surface area contributed by atoms with E-state index in [0.29, 0.717) is 25.4 Å². The van der Waals surface area contributed by atoms with E-state index < -0.39 is 6.10 Å². The molecule has 2 aromatic carbocycles. The van der Waals surface area contributed by atoms with Crippen LogP contribution in [0, 0.1) is 6.92 Å². The molecule has 5 heteroatoms. The van der Waals surface area contributed by atoms with Gasteiger partial charge in [-0.3, -0.25) is 4.79 Å². The van der Waals surface area contributed by atoms with Gasteiger partial charge in [0.1, 0.15) is 5.75 Å². The second-order valence-corrected chi connectivity index (χ2v) is 5.96. The molecule has 2 rings (SSSR count). The molecular weight excluding hydrogens is 336 g/mol. The first-order valence-electron chi connectivity index (χ1n) is 8.36. The fourth-order valence-corrected chi connectivity index (χ4v) is 2.55. The van der Waals surface area contributed by atoms with Crippen LogP contribution in [0.4, 0.5) is 0 Å². The minimum atomic E-state index is -0.534. The number of rotatable bonds is 8. The van der Waals surface area contributed by atoms with E-state index in [2.05, 4.69) is 0 Å². The SMILES string of the molecule is Cc1cccc(OC(C)C(=O)N(CCCN)Cc2ccccc2)c1.Cl. The lowest BCUT2D eigenvalue weighted by Gasteiger charge is -2.26. The van der Waals surface area contributed by atoms with Gasteiger partial charge < -0.3 is 15.4 Å². The molecule has 1 unspecified atom stereocenters. The average molecular weight is 363 g/mol. The fraction of sp³-hybridized carbons (Fsp3) is 0.350. The Labute approximate surface area is 156 Å². The van der Waals surface area contributed by atoms with Gasteiger partial charge in [-0.05, 0) is 50.1 Å². The number of carbonyl (C=O) groups is 1. The standard InChI is InChI=1S/C20H26N2O2.ClH/c1-16-8-6-11-19(14-16)24-17(2)20(23)22(13-7-12-21)15-18-9-4-3-5-10-18;/h3-6,8-11,14,17H,7,12-13,15,21H2,1-2H3;1H. The summed E-state index contributed by atoms with van der Waals surface area (Å²) < 4.78 is 5.83. The third-order valence-corrected chi connectivity index (χ3v) is 3.81. The number of halogens is 1. The summed E-state index contributed by atoms with van der Waals surface area (Å²) in [5.74, 6) is 0.697. The van der Waals surface area contributed by atoms with Crippen molar-refractivity contribution in [3.63, 3.8) is 0 Å². The quantitative estimate of drug-likeness (QED) is 0.781. The van der Waals surface area contributed by atoms with E-state index in [-0.39, 0.29) is 18.3 Å². The van der Waals surface area contributed by atoms with Crippen molar-refractivity contribution in [3.05, 3.63) is 65.7 Å². The monoisotopic (exact) mass is 362 g/mol. The molecule has 0 bridgehead atoms. The number of hydrogen-bond donors (Lipinski definition) is 1. The Bertz CT molecular complexity index is 649. The Balaban J connectivity index is 0.00000312. The van der Waals surface area contributed by atoms with Gasteiger partial charge in [0.15, 0.2) is 6.10 Å². The molecule has 0 spiro atoms. The molecule has 2 aromatic rings. The fourth-order valence-electron chi connectivity index (χ4n) is 2.55. The lowest BCUT2D eigenvalue weighted by atomic mass is 10.2. The minimum Gasteiger partial charge on any atom is -0.481 e. The first kappa shape index (κ1) is 21.0. The molecule has 0 aliphatic carbocycles. The van der Waals surface area contributed by atoms with E-state index in [1.54, 1.807) is 6.92 Å². The highest BCUT2D eigenvalue weighted by atomic mass is 35.5. The third-order valence-electron chi connectivity index (χ3n) is 3.81. The summed E-state index contributed by atoms with van der Waals surface area (Å²) in [5.41, 5.74) is 7.83. The van der Waals surface area contributed by atoms with E-state index in [1.807, 2.05) is 66.4 Å². The van der Waals surface area contributed by atoms with Crippen molar-refractivity contribution in [1.29, 1.82) is 0 Å². The highest BCUT2D eigenvalue weighted by Crippen LogP contribution is 2.16. The third kappa shape index (κ3) is 6.77. The zero-order chi connectivity index (χ0) is 17.4. The van der Waals surface area contributed by atoms with Crippen LogP contribution in [0.1, 0.15) is 24.5 Å². The number of aryl methyl sites for hydroxylation is 1. The number of benzene rings is 2. The number of carbonyl (C=O) groups excluding carboxylic acids is 1. The second kappa shape index (κ2) is 10.7. The molecule has 136 valence electrons. The smallest absolute Gasteiger partial charge is 0.263 e. The lowest BCUT2D eigenvalue weighted by molar-refractivity contribution is -0.138. The topological polar surface area (TPSA) is 55.6 Å². The summed E-state index contributed by atoms with van der Waals surface area (Å²) in [6.45, 7) is 5.56. The summed E-state index contributed by atoms with van der Waals surface area (Å²) in [7, 11) is 0. The normalized spacial score (nSPS) is 11.3. The van der Waals surface area contributed by atoms with Crippen LogP contribution in [0.25, 0.3) is 0 Å². The number of amides is 1. The average Bonchev–Trinajstić information content (AvgIpc) is 2.59.